The zero-order valence-electron chi connectivity index (χ0n) is 22.1. The molecule has 4 aliphatic carbocycles. The van der Waals surface area contributed by atoms with Gasteiger partial charge in [-0.3, -0.25) is 4.79 Å². The molecule has 0 unspecified atom stereocenters. The average Bonchev–Trinajstić information content (AvgIpc) is 3.05. The summed E-state index contributed by atoms with van der Waals surface area (Å²) in [5.74, 6) is 0.277. The third-order valence-electron chi connectivity index (χ3n) is 10.7. The summed E-state index contributed by atoms with van der Waals surface area (Å²) in [5.41, 5.74) is 1.97. The molecule has 4 rings (SSSR count). The standard InChI is InChI=1S/C28H44N2O5/c1-6-17(2)24(25(32)33)29-23(31)16-35-30-19-9-12-26(3)18(15-19)7-8-20-21(26)10-13-27(4)22(20)11-14-28(27,5)34/h15,17,20-22,24,34H,6-14,16H2,1-5H3,(H,29,31)(H,32,33)/b30-19+/t17-,20-,21+,22+,24-,26+,27+,28+/m1/s1. The lowest BCUT2D eigenvalue weighted by Crippen LogP contribution is -2.53. The van der Waals surface area contributed by atoms with Crippen molar-refractivity contribution in [3.05, 3.63) is 11.6 Å². The third kappa shape index (κ3) is 4.54. The van der Waals surface area contributed by atoms with Crippen LogP contribution in [0, 0.1) is 34.5 Å². The smallest absolute Gasteiger partial charge is 0.326 e. The van der Waals surface area contributed by atoms with E-state index in [1.165, 1.54) is 18.4 Å². The van der Waals surface area contributed by atoms with E-state index in [-0.39, 0.29) is 23.4 Å². The maximum atomic E-state index is 12.2. The van der Waals surface area contributed by atoms with Crippen LogP contribution in [-0.2, 0) is 14.4 Å². The van der Waals surface area contributed by atoms with Gasteiger partial charge in [0, 0.05) is 0 Å². The van der Waals surface area contributed by atoms with Gasteiger partial charge >= 0.3 is 5.97 Å². The number of fused-ring (bicyclic) bond motifs is 5. The van der Waals surface area contributed by atoms with Gasteiger partial charge in [-0.25, -0.2) is 4.79 Å². The Labute approximate surface area is 209 Å². The number of oxime groups is 1. The van der Waals surface area contributed by atoms with E-state index >= 15 is 0 Å². The molecule has 8 atom stereocenters. The number of carbonyl (C=O) groups excluding carboxylic acids is 1. The Kier molecular flexibility index (Phi) is 7.13. The lowest BCUT2D eigenvalue weighted by molar-refractivity contribution is -0.144. The Morgan fingerprint density at radius 1 is 1.14 bits per heavy atom. The molecule has 3 saturated carbocycles. The lowest BCUT2D eigenvalue weighted by Gasteiger charge is -2.59. The second kappa shape index (κ2) is 9.53. The second-order valence-electron chi connectivity index (χ2n) is 12.4. The number of hydrogen-bond donors (Lipinski definition) is 3. The molecule has 4 aliphatic rings. The van der Waals surface area contributed by atoms with Gasteiger partial charge in [-0.2, -0.15) is 0 Å². The molecule has 3 fully saturated rings. The fraction of sp³-hybridized carbons (Fsp3) is 0.821. The van der Waals surface area contributed by atoms with Crippen LogP contribution >= 0.6 is 0 Å². The average molecular weight is 489 g/mol. The summed E-state index contributed by atoms with van der Waals surface area (Å²) in [6, 6.07) is -0.919. The minimum atomic E-state index is -1.03. The molecule has 1 amide bonds. The second-order valence-corrected chi connectivity index (χ2v) is 12.4. The molecule has 0 heterocycles. The molecule has 0 radical (unpaired) electrons. The molecule has 7 nitrogen and oxygen atoms in total. The molecule has 3 N–H and O–H groups in total. The molecule has 0 aromatic carbocycles. The van der Waals surface area contributed by atoms with E-state index in [9.17, 15) is 19.8 Å². The fourth-order valence-electron chi connectivity index (χ4n) is 7.96. The van der Waals surface area contributed by atoms with E-state index in [1.807, 2.05) is 13.8 Å². The van der Waals surface area contributed by atoms with E-state index in [0.717, 1.165) is 44.2 Å². The number of allylic oxidation sites excluding steroid dienone is 2. The molecule has 0 aliphatic heterocycles. The van der Waals surface area contributed by atoms with Crippen molar-refractivity contribution in [2.24, 2.45) is 39.7 Å². The summed E-state index contributed by atoms with van der Waals surface area (Å²) in [7, 11) is 0. The van der Waals surface area contributed by atoms with Gasteiger partial charge in [-0.05, 0) is 98.9 Å². The predicted octanol–water partition coefficient (Wildman–Crippen LogP) is 4.69. The largest absolute Gasteiger partial charge is 0.480 e. The normalized spacial score (nSPS) is 41.1. The van der Waals surface area contributed by atoms with Crippen molar-refractivity contribution in [3.8, 4) is 0 Å². The number of hydrogen-bond acceptors (Lipinski definition) is 5. The number of nitrogens with one attached hydrogen (secondary N) is 1. The van der Waals surface area contributed by atoms with E-state index < -0.39 is 23.5 Å². The van der Waals surface area contributed by atoms with Gasteiger partial charge in [0.25, 0.3) is 5.91 Å². The Balaban J connectivity index is 1.39. The summed E-state index contributed by atoms with van der Waals surface area (Å²) >= 11 is 0. The van der Waals surface area contributed by atoms with Crippen molar-refractivity contribution in [3.63, 3.8) is 0 Å². The minimum Gasteiger partial charge on any atom is -0.480 e. The minimum absolute atomic E-state index is 0.0377. The monoisotopic (exact) mass is 488 g/mol. The predicted molar refractivity (Wildman–Crippen MR) is 135 cm³/mol. The first-order valence-corrected chi connectivity index (χ1v) is 13.6. The summed E-state index contributed by atoms with van der Waals surface area (Å²) in [5, 5.41) is 27.3. The Bertz CT molecular complexity index is 911. The summed E-state index contributed by atoms with van der Waals surface area (Å²) in [6.45, 7) is 10.2. The molecule has 0 saturated heterocycles. The van der Waals surface area contributed by atoms with Gasteiger partial charge in [0.15, 0.2) is 6.61 Å². The molecule has 196 valence electrons. The van der Waals surface area contributed by atoms with Gasteiger partial charge < -0.3 is 20.4 Å². The molecule has 7 heteroatoms. The summed E-state index contributed by atoms with van der Waals surface area (Å²) in [6.07, 6.45) is 11.3. The number of nitrogens with zero attached hydrogens (tertiary/aromatic N) is 1. The molecule has 35 heavy (non-hydrogen) atoms. The van der Waals surface area contributed by atoms with Crippen molar-refractivity contribution in [1.29, 1.82) is 0 Å². The summed E-state index contributed by atoms with van der Waals surface area (Å²) in [4.78, 5) is 29.0. The number of aliphatic hydroxyl groups is 1. The molecular formula is C28H44N2O5. The number of carbonyl (C=O) groups is 2. The van der Waals surface area contributed by atoms with Crippen molar-refractivity contribution in [2.75, 3.05) is 6.61 Å². The number of carboxylic acids is 1. The zero-order valence-corrected chi connectivity index (χ0v) is 22.1. The van der Waals surface area contributed by atoms with Crippen LogP contribution in [0.5, 0.6) is 0 Å². The first kappa shape index (κ1) is 26.2. The SMILES string of the molecule is CC[C@@H](C)[C@@H](NC(=O)CO/N=C1/C=C2CC[C@@H]3[C@H](CC[C@@]4(C)[C@H]3CC[C@]4(C)O)[C@@]2(C)CC1)C(=O)O. The first-order chi connectivity index (χ1) is 16.4. The molecule has 0 spiro atoms. The van der Waals surface area contributed by atoms with Crippen LogP contribution in [0.3, 0.4) is 0 Å². The quantitative estimate of drug-likeness (QED) is 0.451. The van der Waals surface area contributed by atoms with E-state index in [4.69, 9.17) is 4.84 Å². The van der Waals surface area contributed by atoms with E-state index in [2.05, 4.69) is 37.3 Å². The van der Waals surface area contributed by atoms with Crippen LogP contribution in [0.25, 0.3) is 0 Å². The van der Waals surface area contributed by atoms with E-state index in [1.54, 1.807) is 0 Å². The number of carboxylic acid groups (broad SMARTS) is 1. The van der Waals surface area contributed by atoms with Gasteiger partial charge in [0.1, 0.15) is 6.04 Å². The van der Waals surface area contributed by atoms with Crippen molar-refractivity contribution in [1.82, 2.24) is 5.32 Å². The highest BCUT2D eigenvalue weighted by molar-refractivity contribution is 5.96. The van der Waals surface area contributed by atoms with Crippen molar-refractivity contribution < 1.29 is 24.6 Å². The van der Waals surface area contributed by atoms with Gasteiger partial charge in [-0.15, -0.1) is 0 Å². The Morgan fingerprint density at radius 3 is 2.54 bits per heavy atom. The summed E-state index contributed by atoms with van der Waals surface area (Å²) < 4.78 is 0. The Morgan fingerprint density at radius 2 is 1.86 bits per heavy atom. The van der Waals surface area contributed by atoms with Crippen LogP contribution in [0.1, 0.15) is 92.4 Å². The zero-order chi connectivity index (χ0) is 25.6. The third-order valence-corrected chi connectivity index (χ3v) is 10.7. The van der Waals surface area contributed by atoms with Crippen LogP contribution in [-0.4, -0.2) is 46.1 Å². The number of aliphatic carboxylic acids is 1. The molecular weight excluding hydrogens is 444 g/mol. The van der Waals surface area contributed by atoms with Crippen LogP contribution in [0.4, 0.5) is 0 Å². The van der Waals surface area contributed by atoms with Crippen LogP contribution < -0.4 is 5.32 Å². The van der Waals surface area contributed by atoms with Crippen molar-refractivity contribution >= 4 is 17.6 Å². The fourth-order valence-corrected chi connectivity index (χ4v) is 7.96. The van der Waals surface area contributed by atoms with Gasteiger partial charge in [0.2, 0.25) is 0 Å². The van der Waals surface area contributed by atoms with Gasteiger partial charge in [0.05, 0.1) is 11.3 Å². The highest BCUT2D eigenvalue weighted by Gasteiger charge is 2.62. The van der Waals surface area contributed by atoms with Crippen molar-refractivity contribution in [2.45, 2.75) is 104 Å². The molecule has 0 aromatic heterocycles. The maximum Gasteiger partial charge on any atom is 0.326 e. The number of amides is 1. The van der Waals surface area contributed by atoms with Crippen LogP contribution in [0.2, 0.25) is 0 Å². The molecule has 0 aromatic rings. The first-order valence-electron chi connectivity index (χ1n) is 13.6. The Hall–Kier alpha value is -1.89. The maximum absolute atomic E-state index is 12.2. The highest BCUT2D eigenvalue weighted by Crippen LogP contribution is 2.67. The number of rotatable bonds is 7. The molecule has 0 bridgehead atoms. The van der Waals surface area contributed by atoms with Crippen LogP contribution in [0.15, 0.2) is 16.8 Å². The van der Waals surface area contributed by atoms with E-state index in [0.29, 0.717) is 24.2 Å². The highest BCUT2D eigenvalue weighted by atomic mass is 16.6. The lowest BCUT2D eigenvalue weighted by atomic mass is 9.46. The van der Waals surface area contributed by atoms with Gasteiger partial charge in [-0.1, -0.05) is 44.8 Å². The topological polar surface area (TPSA) is 108 Å².